The molecule has 0 saturated carbocycles. The van der Waals surface area contributed by atoms with Crippen LogP contribution < -0.4 is 9.47 Å². The molecule has 186 valence electrons. The molecule has 10 heteroatoms. The number of halogens is 1. The Morgan fingerprint density at radius 3 is 2.58 bits per heavy atom. The van der Waals surface area contributed by atoms with Crippen molar-refractivity contribution in [3.63, 3.8) is 0 Å². The number of aryl methyl sites for hydroxylation is 1. The molecule has 0 amide bonds. The number of methoxy groups -OCH3 is 1. The van der Waals surface area contributed by atoms with Crippen molar-refractivity contribution in [3.8, 4) is 34.7 Å². The molecule has 0 saturated heterocycles. The molecule has 5 heterocycles. The maximum atomic E-state index is 6.47. The van der Waals surface area contributed by atoms with Crippen LogP contribution >= 0.6 is 11.6 Å². The zero-order valence-electron chi connectivity index (χ0n) is 20.4. The van der Waals surface area contributed by atoms with Crippen molar-refractivity contribution >= 4 is 17.2 Å². The van der Waals surface area contributed by atoms with E-state index in [9.17, 15) is 0 Å². The fourth-order valence-corrected chi connectivity index (χ4v) is 5.08. The molecule has 0 unspecified atom stereocenters. The minimum absolute atomic E-state index is 0.274. The van der Waals surface area contributed by atoms with E-state index in [1.54, 1.807) is 28.8 Å². The Balaban J connectivity index is 1.48. The second-order valence-electron chi connectivity index (χ2n) is 8.89. The van der Waals surface area contributed by atoms with Crippen LogP contribution in [-0.2, 0) is 0 Å². The molecule has 4 aromatic heterocycles. The quantitative estimate of drug-likeness (QED) is 0.296. The van der Waals surface area contributed by atoms with Crippen LogP contribution in [0.15, 0.2) is 79.3 Å². The molecule has 1 atom stereocenters. The van der Waals surface area contributed by atoms with E-state index >= 15 is 0 Å². The van der Waals surface area contributed by atoms with Gasteiger partial charge in [-0.25, -0.2) is 19.2 Å². The lowest BCUT2D eigenvalue weighted by Crippen LogP contribution is -2.16. The van der Waals surface area contributed by atoms with Gasteiger partial charge in [-0.3, -0.25) is 4.98 Å². The molecular weight excluding hydrogens is 502 g/mol. The van der Waals surface area contributed by atoms with Gasteiger partial charge in [-0.2, -0.15) is 5.10 Å². The van der Waals surface area contributed by atoms with Crippen molar-refractivity contribution in [1.82, 2.24) is 34.3 Å². The summed E-state index contributed by atoms with van der Waals surface area (Å²) >= 11 is 6.31. The molecule has 0 radical (unpaired) electrons. The Bertz CT molecular complexity index is 1810. The number of pyridine rings is 1. The summed E-state index contributed by atoms with van der Waals surface area (Å²) in [4.78, 5) is 14.0. The van der Waals surface area contributed by atoms with Crippen molar-refractivity contribution in [2.75, 3.05) is 7.11 Å². The molecule has 0 fully saturated rings. The Morgan fingerprint density at radius 1 is 0.947 bits per heavy atom. The third-order valence-electron chi connectivity index (χ3n) is 6.62. The predicted octanol–water partition coefficient (Wildman–Crippen LogP) is 5.63. The molecule has 1 aliphatic heterocycles. The summed E-state index contributed by atoms with van der Waals surface area (Å²) in [5.41, 5.74) is 5.65. The summed E-state index contributed by atoms with van der Waals surface area (Å²) < 4.78 is 15.3. The molecule has 0 aliphatic carbocycles. The first-order chi connectivity index (χ1) is 18.6. The van der Waals surface area contributed by atoms with Gasteiger partial charge in [0.25, 0.3) is 0 Å². The number of hydrogen-bond donors (Lipinski definition) is 0. The third-order valence-corrected chi connectivity index (χ3v) is 6.85. The van der Waals surface area contributed by atoms with Crippen molar-refractivity contribution < 1.29 is 9.47 Å². The van der Waals surface area contributed by atoms with E-state index in [-0.39, 0.29) is 5.92 Å². The zero-order chi connectivity index (χ0) is 25.8. The topological polar surface area (TPSA) is 92.2 Å². The van der Waals surface area contributed by atoms with Crippen molar-refractivity contribution in [1.29, 1.82) is 0 Å². The summed E-state index contributed by atoms with van der Waals surface area (Å²) in [6.45, 7) is 1.97. The minimum atomic E-state index is -0.274. The van der Waals surface area contributed by atoms with Gasteiger partial charge in [0.05, 0.1) is 35.5 Å². The molecule has 1 aliphatic rings. The minimum Gasteiger partial charge on any atom is -0.497 e. The lowest BCUT2D eigenvalue weighted by atomic mass is 9.84. The van der Waals surface area contributed by atoms with Gasteiger partial charge < -0.3 is 9.47 Å². The van der Waals surface area contributed by atoms with Crippen LogP contribution in [0.25, 0.3) is 22.9 Å². The lowest BCUT2D eigenvalue weighted by molar-refractivity contribution is 0.402. The lowest BCUT2D eigenvalue weighted by Gasteiger charge is -2.26. The van der Waals surface area contributed by atoms with E-state index in [0.717, 1.165) is 33.8 Å². The van der Waals surface area contributed by atoms with Crippen LogP contribution in [0.4, 0.5) is 0 Å². The van der Waals surface area contributed by atoms with Gasteiger partial charge in [-0.15, -0.1) is 5.10 Å². The smallest absolute Gasteiger partial charge is 0.230 e. The van der Waals surface area contributed by atoms with Crippen LogP contribution in [0.5, 0.6) is 17.5 Å². The van der Waals surface area contributed by atoms with Crippen molar-refractivity contribution in [2.45, 2.75) is 12.8 Å². The standard InChI is InChI=1S/C28H20ClN7O2/c1-16-22-23(17-9-11-20(37-2)12-10-17)24-26-32-25(21-8-3-4-13-30-21)34-35(26)15-31-27(24)38-28(22)36(33-16)19-7-5-6-18(29)14-19/h3-15,23H,1-2H3/t23-/m0/s1. The van der Waals surface area contributed by atoms with E-state index < -0.39 is 0 Å². The van der Waals surface area contributed by atoms with Gasteiger partial charge in [0.1, 0.15) is 17.8 Å². The maximum absolute atomic E-state index is 6.47. The molecule has 38 heavy (non-hydrogen) atoms. The maximum Gasteiger partial charge on any atom is 0.230 e. The highest BCUT2D eigenvalue weighted by Gasteiger charge is 2.38. The van der Waals surface area contributed by atoms with Crippen LogP contribution in [0.3, 0.4) is 0 Å². The monoisotopic (exact) mass is 521 g/mol. The number of fused-ring (bicyclic) bond motifs is 4. The summed E-state index contributed by atoms with van der Waals surface area (Å²) in [7, 11) is 1.65. The predicted molar refractivity (Wildman–Crippen MR) is 141 cm³/mol. The Hall–Kier alpha value is -4.76. The molecular formula is C28H20ClN7O2. The molecule has 0 bridgehead atoms. The van der Waals surface area contributed by atoms with Gasteiger partial charge in [-0.1, -0.05) is 35.9 Å². The average Bonchev–Trinajstić information content (AvgIpc) is 3.54. The van der Waals surface area contributed by atoms with E-state index in [0.29, 0.717) is 33.9 Å². The SMILES string of the molecule is COc1ccc([C@H]2c3c(C)nn(-c4cccc(Cl)c4)c3Oc3ncn4nc(-c5ccccn5)nc4c32)cc1. The molecule has 6 aromatic rings. The van der Waals surface area contributed by atoms with Gasteiger partial charge in [-0.05, 0) is 55.0 Å². The number of ether oxygens (including phenoxy) is 2. The van der Waals surface area contributed by atoms with E-state index in [2.05, 4.69) is 15.1 Å². The largest absolute Gasteiger partial charge is 0.497 e. The fourth-order valence-electron chi connectivity index (χ4n) is 4.89. The second-order valence-corrected chi connectivity index (χ2v) is 9.32. The normalized spacial score (nSPS) is 14.1. The first kappa shape index (κ1) is 22.4. The van der Waals surface area contributed by atoms with E-state index in [1.165, 1.54) is 0 Å². The number of rotatable bonds is 4. The Morgan fingerprint density at radius 2 is 1.82 bits per heavy atom. The number of nitrogens with zero attached hydrogens (tertiary/aromatic N) is 7. The summed E-state index contributed by atoms with van der Waals surface area (Å²) in [6, 6.07) is 21.1. The number of aromatic nitrogens is 7. The zero-order valence-corrected chi connectivity index (χ0v) is 21.2. The van der Waals surface area contributed by atoms with Gasteiger partial charge in [0.15, 0.2) is 5.65 Å². The summed E-state index contributed by atoms with van der Waals surface area (Å²) in [5, 5.41) is 10.1. The van der Waals surface area contributed by atoms with E-state index in [1.807, 2.05) is 73.7 Å². The summed E-state index contributed by atoms with van der Waals surface area (Å²) in [5.74, 6) is 2.02. The van der Waals surface area contributed by atoms with Crippen LogP contribution in [-0.4, -0.2) is 41.5 Å². The third kappa shape index (κ3) is 3.51. The highest BCUT2D eigenvalue weighted by molar-refractivity contribution is 6.30. The number of benzene rings is 2. The molecule has 0 spiro atoms. The van der Waals surface area contributed by atoms with Crippen molar-refractivity contribution in [3.05, 3.63) is 107 Å². The molecule has 9 nitrogen and oxygen atoms in total. The van der Waals surface area contributed by atoms with Crippen LogP contribution in [0, 0.1) is 6.92 Å². The Labute approximate surface area is 222 Å². The average molecular weight is 522 g/mol. The van der Waals surface area contributed by atoms with Crippen LogP contribution in [0.2, 0.25) is 5.02 Å². The van der Waals surface area contributed by atoms with Gasteiger partial charge in [0.2, 0.25) is 17.6 Å². The van der Waals surface area contributed by atoms with Gasteiger partial charge >= 0.3 is 0 Å². The number of hydrogen-bond acceptors (Lipinski definition) is 7. The fraction of sp³-hybridized carbons (Fsp3) is 0.107. The first-order valence-electron chi connectivity index (χ1n) is 11.9. The van der Waals surface area contributed by atoms with Crippen LogP contribution in [0.1, 0.15) is 28.3 Å². The molecule has 2 aromatic carbocycles. The van der Waals surface area contributed by atoms with E-state index in [4.69, 9.17) is 31.2 Å². The first-order valence-corrected chi connectivity index (χ1v) is 12.3. The molecule has 7 rings (SSSR count). The molecule has 0 N–H and O–H groups in total. The highest BCUT2D eigenvalue weighted by Crippen LogP contribution is 2.50. The van der Waals surface area contributed by atoms with Gasteiger partial charge in [0, 0.05) is 11.2 Å². The second kappa shape index (κ2) is 8.67. The Kier molecular flexibility index (Phi) is 5.12. The van der Waals surface area contributed by atoms with Crippen molar-refractivity contribution in [2.24, 2.45) is 0 Å². The highest BCUT2D eigenvalue weighted by atomic mass is 35.5. The summed E-state index contributed by atoms with van der Waals surface area (Å²) in [6.07, 6.45) is 3.33.